The Hall–Kier alpha value is -1.88. The van der Waals surface area contributed by atoms with Crippen LogP contribution >= 0.6 is 0 Å². The van der Waals surface area contributed by atoms with Crippen molar-refractivity contribution >= 4 is 6.08 Å². The molecular weight excluding hydrogens is 225 g/mol. The van der Waals surface area contributed by atoms with Gasteiger partial charge in [0, 0.05) is 5.56 Å². The van der Waals surface area contributed by atoms with Crippen LogP contribution in [0.4, 0.5) is 4.39 Å². The highest BCUT2D eigenvalue weighted by molar-refractivity contribution is 5.52. The highest BCUT2D eigenvalue weighted by Gasteiger charge is 1.99. The van der Waals surface area contributed by atoms with E-state index in [4.69, 9.17) is 5.26 Å². The Labute approximate surface area is 108 Å². The quantitative estimate of drug-likeness (QED) is 0.496. The molecule has 0 atom stereocenters. The van der Waals surface area contributed by atoms with Gasteiger partial charge >= 0.3 is 0 Å². The fraction of sp³-hybridized carbons (Fsp3) is 0.312. The van der Waals surface area contributed by atoms with E-state index in [0.717, 1.165) is 32.1 Å². The molecule has 1 aromatic carbocycles. The van der Waals surface area contributed by atoms with E-state index >= 15 is 0 Å². The third-order valence-corrected chi connectivity index (χ3v) is 2.70. The Morgan fingerprint density at radius 3 is 2.72 bits per heavy atom. The van der Waals surface area contributed by atoms with Gasteiger partial charge in [0.15, 0.2) is 0 Å². The third kappa shape index (κ3) is 4.97. The molecular formula is C16H18FN. The molecule has 0 unspecified atom stereocenters. The molecule has 1 rings (SSSR count). The number of hydrogen-bond donors (Lipinski definition) is 0. The van der Waals surface area contributed by atoms with Crippen molar-refractivity contribution in [2.24, 2.45) is 0 Å². The molecule has 0 fully saturated rings. The maximum absolute atomic E-state index is 13.4. The topological polar surface area (TPSA) is 23.8 Å². The molecule has 0 aromatic heterocycles. The van der Waals surface area contributed by atoms with E-state index in [2.05, 4.69) is 6.58 Å². The molecule has 0 aliphatic rings. The van der Waals surface area contributed by atoms with E-state index in [0.29, 0.717) is 11.1 Å². The van der Waals surface area contributed by atoms with Gasteiger partial charge in [0.2, 0.25) is 0 Å². The summed E-state index contributed by atoms with van der Waals surface area (Å²) in [5, 5.41) is 8.74. The molecule has 2 heteroatoms. The van der Waals surface area contributed by atoms with Gasteiger partial charge < -0.3 is 0 Å². The summed E-state index contributed by atoms with van der Waals surface area (Å²) >= 11 is 0. The van der Waals surface area contributed by atoms with E-state index in [1.165, 1.54) is 12.1 Å². The molecule has 94 valence electrons. The summed E-state index contributed by atoms with van der Waals surface area (Å²) in [6.07, 6.45) is 11.1. The molecule has 0 saturated heterocycles. The minimum atomic E-state index is -0.281. The van der Waals surface area contributed by atoms with Crippen molar-refractivity contribution in [1.29, 1.82) is 5.26 Å². The van der Waals surface area contributed by atoms with Crippen LogP contribution in [0.2, 0.25) is 0 Å². The van der Waals surface area contributed by atoms with Gasteiger partial charge in [-0.15, -0.1) is 6.58 Å². The summed E-state index contributed by atoms with van der Waals surface area (Å²) < 4.78 is 13.4. The minimum absolute atomic E-state index is 0.281. The summed E-state index contributed by atoms with van der Waals surface area (Å²) in [7, 11) is 0. The number of nitrogens with zero attached hydrogens (tertiary/aromatic N) is 1. The molecule has 0 aliphatic heterocycles. The number of benzene rings is 1. The van der Waals surface area contributed by atoms with Gasteiger partial charge in [-0.1, -0.05) is 24.6 Å². The van der Waals surface area contributed by atoms with E-state index < -0.39 is 0 Å². The highest BCUT2D eigenvalue weighted by Crippen LogP contribution is 2.13. The maximum atomic E-state index is 13.4. The average Bonchev–Trinajstić information content (AvgIpc) is 2.39. The lowest BCUT2D eigenvalue weighted by Crippen LogP contribution is -1.84. The first-order chi connectivity index (χ1) is 8.77. The van der Waals surface area contributed by atoms with Crippen LogP contribution in [0.1, 0.15) is 43.2 Å². The number of nitriles is 1. The number of halogens is 1. The molecule has 1 aromatic rings. The lowest BCUT2D eigenvalue weighted by atomic mass is 10.1. The molecule has 0 heterocycles. The van der Waals surface area contributed by atoms with Crippen LogP contribution < -0.4 is 0 Å². The van der Waals surface area contributed by atoms with Crippen LogP contribution in [0.5, 0.6) is 0 Å². The molecule has 0 bridgehead atoms. The van der Waals surface area contributed by atoms with Crippen LogP contribution in [0.15, 0.2) is 36.9 Å². The first kappa shape index (κ1) is 14.2. The summed E-state index contributed by atoms with van der Waals surface area (Å²) in [6, 6.07) is 6.41. The maximum Gasteiger partial charge on any atom is 0.130 e. The standard InChI is InChI=1S/C16H18FN/c1-2-3-4-5-6-7-8-9-15-12-14(13-18)10-11-16(15)17/h2,8-12H,1,3-7H2/b9-8-. The highest BCUT2D eigenvalue weighted by atomic mass is 19.1. The van der Waals surface area contributed by atoms with Crippen molar-refractivity contribution in [2.45, 2.75) is 32.1 Å². The zero-order valence-electron chi connectivity index (χ0n) is 10.5. The lowest BCUT2D eigenvalue weighted by Gasteiger charge is -1.98. The average molecular weight is 243 g/mol. The molecule has 1 nitrogen and oxygen atoms in total. The summed E-state index contributed by atoms with van der Waals surface area (Å²) in [4.78, 5) is 0. The Morgan fingerprint density at radius 2 is 2.00 bits per heavy atom. The summed E-state index contributed by atoms with van der Waals surface area (Å²) in [5.41, 5.74) is 0.974. The zero-order chi connectivity index (χ0) is 13.2. The summed E-state index contributed by atoms with van der Waals surface area (Å²) in [6.45, 7) is 3.68. The Morgan fingerprint density at radius 1 is 1.22 bits per heavy atom. The van der Waals surface area contributed by atoms with Gasteiger partial charge in [-0.25, -0.2) is 4.39 Å². The normalized spacial score (nSPS) is 10.4. The van der Waals surface area contributed by atoms with Crippen molar-refractivity contribution in [1.82, 2.24) is 0 Å². The third-order valence-electron chi connectivity index (χ3n) is 2.70. The van der Waals surface area contributed by atoms with Crippen LogP contribution in [0.25, 0.3) is 6.08 Å². The second-order valence-electron chi connectivity index (χ2n) is 4.18. The van der Waals surface area contributed by atoms with Crippen molar-refractivity contribution in [3.05, 3.63) is 53.9 Å². The van der Waals surface area contributed by atoms with Crippen LogP contribution in [-0.4, -0.2) is 0 Å². The number of unbranched alkanes of at least 4 members (excludes halogenated alkanes) is 4. The SMILES string of the molecule is C=CCCCCC/C=C\c1cc(C#N)ccc1F. The molecule has 18 heavy (non-hydrogen) atoms. The van der Waals surface area contributed by atoms with Gasteiger partial charge in [0.1, 0.15) is 5.82 Å². The Balaban J connectivity index is 2.42. The predicted octanol–water partition coefficient (Wildman–Crippen LogP) is 4.85. The van der Waals surface area contributed by atoms with Gasteiger partial charge in [-0.05, 0) is 43.9 Å². The van der Waals surface area contributed by atoms with E-state index in [1.54, 1.807) is 12.1 Å². The minimum Gasteiger partial charge on any atom is -0.206 e. The Bertz CT molecular complexity index is 455. The van der Waals surface area contributed by atoms with Crippen molar-refractivity contribution < 1.29 is 4.39 Å². The van der Waals surface area contributed by atoms with E-state index in [9.17, 15) is 4.39 Å². The molecule has 0 N–H and O–H groups in total. The molecule has 0 spiro atoms. The fourth-order valence-electron chi connectivity index (χ4n) is 1.68. The van der Waals surface area contributed by atoms with Crippen LogP contribution in [0, 0.1) is 17.1 Å². The first-order valence-electron chi connectivity index (χ1n) is 6.25. The monoisotopic (exact) mass is 243 g/mol. The predicted molar refractivity (Wildman–Crippen MR) is 73.4 cm³/mol. The van der Waals surface area contributed by atoms with Gasteiger partial charge in [-0.2, -0.15) is 5.26 Å². The Kier molecular flexibility index (Phi) is 6.50. The van der Waals surface area contributed by atoms with Crippen LogP contribution in [0.3, 0.4) is 0 Å². The molecule has 0 aliphatic carbocycles. The van der Waals surface area contributed by atoms with Crippen LogP contribution in [-0.2, 0) is 0 Å². The van der Waals surface area contributed by atoms with Gasteiger partial charge in [-0.3, -0.25) is 0 Å². The lowest BCUT2D eigenvalue weighted by molar-refractivity contribution is 0.624. The first-order valence-corrected chi connectivity index (χ1v) is 6.25. The van der Waals surface area contributed by atoms with Crippen molar-refractivity contribution in [3.63, 3.8) is 0 Å². The second kappa shape index (κ2) is 8.25. The van der Waals surface area contributed by atoms with E-state index in [-0.39, 0.29) is 5.82 Å². The second-order valence-corrected chi connectivity index (χ2v) is 4.18. The number of hydrogen-bond acceptors (Lipinski definition) is 1. The molecule has 0 amide bonds. The zero-order valence-corrected chi connectivity index (χ0v) is 10.5. The van der Waals surface area contributed by atoms with Gasteiger partial charge in [0.05, 0.1) is 11.6 Å². The van der Waals surface area contributed by atoms with E-state index in [1.807, 2.05) is 18.2 Å². The molecule has 0 saturated carbocycles. The van der Waals surface area contributed by atoms with Crippen molar-refractivity contribution in [3.8, 4) is 6.07 Å². The number of allylic oxidation sites excluding steroid dienone is 2. The summed E-state index contributed by atoms with van der Waals surface area (Å²) in [5.74, 6) is -0.281. The van der Waals surface area contributed by atoms with Gasteiger partial charge in [0.25, 0.3) is 0 Å². The largest absolute Gasteiger partial charge is 0.206 e. The molecule has 0 radical (unpaired) electrons. The van der Waals surface area contributed by atoms with Crippen molar-refractivity contribution in [2.75, 3.05) is 0 Å². The number of rotatable bonds is 7. The smallest absolute Gasteiger partial charge is 0.130 e. The fourth-order valence-corrected chi connectivity index (χ4v) is 1.68.